The number of esters is 1. The zero-order valence-electron chi connectivity index (χ0n) is 13.3. The molecule has 1 heterocycles. The number of amides is 1. The van der Waals surface area contributed by atoms with Gasteiger partial charge in [0.05, 0.1) is 17.7 Å². The lowest BCUT2D eigenvalue weighted by atomic mass is 10.0. The summed E-state index contributed by atoms with van der Waals surface area (Å²) in [5, 5.41) is 3.13. The van der Waals surface area contributed by atoms with Crippen LogP contribution in [0.1, 0.15) is 24.2 Å². The van der Waals surface area contributed by atoms with E-state index in [1.165, 1.54) is 18.4 Å². The number of methoxy groups -OCH3 is 1. The van der Waals surface area contributed by atoms with E-state index in [0.717, 1.165) is 10.4 Å². The highest BCUT2D eigenvalue weighted by molar-refractivity contribution is 7.19. The van der Waals surface area contributed by atoms with E-state index in [2.05, 4.69) is 5.32 Å². The molecule has 1 aromatic heterocycles. The van der Waals surface area contributed by atoms with Crippen LogP contribution in [0.5, 0.6) is 0 Å². The fourth-order valence-electron chi connectivity index (χ4n) is 2.17. The van der Waals surface area contributed by atoms with Crippen LogP contribution in [0.15, 0.2) is 36.4 Å². The van der Waals surface area contributed by atoms with E-state index in [-0.39, 0.29) is 11.8 Å². The Bertz CT molecular complexity index is 695. The minimum atomic E-state index is -0.702. The molecule has 6 heteroatoms. The molecule has 0 aliphatic carbocycles. The van der Waals surface area contributed by atoms with Crippen molar-refractivity contribution in [3.63, 3.8) is 0 Å². The quantitative estimate of drug-likeness (QED) is 0.825. The monoisotopic (exact) mass is 332 g/mol. The van der Waals surface area contributed by atoms with Gasteiger partial charge < -0.3 is 15.8 Å². The first-order chi connectivity index (χ1) is 10.9. The molecule has 0 aliphatic heterocycles. The van der Waals surface area contributed by atoms with Crippen molar-refractivity contribution in [2.75, 3.05) is 12.8 Å². The number of nitrogens with two attached hydrogens (primary N) is 1. The lowest BCUT2D eigenvalue weighted by Gasteiger charge is -2.19. The number of benzene rings is 1. The number of hydrogen-bond acceptors (Lipinski definition) is 5. The van der Waals surface area contributed by atoms with Gasteiger partial charge in [0.15, 0.2) is 0 Å². The Kier molecular flexibility index (Phi) is 5.39. The molecule has 0 saturated carbocycles. The van der Waals surface area contributed by atoms with Crippen molar-refractivity contribution >= 4 is 28.2 Å². The van der Waals surface area contributed by atoms with Gasteiger partial charge in [-0.25, -0.2) is 4.79 Å². The van der Waals surface area contributed by atoms with Gasteiger partial charge in [-0.1, -0.05) is 44.2 Å². The zero-order valence-corrected chi connectivity index (χ0v) is 14.1. The predicted molar refractivity (Wildman–Crippen MR) is 92.3 cm³/mol. The van der Waals surface area contributed by atoms with Crippen molar-refractivity contribution in [3.05, 3.63) is 42.0 Å². The molecular weight excluding hydrogens is 312 g/mol. The summed E-state index contributed by atoms with van der Waals surface area (Å²) in [6.45, 7) is 3.68. The lowest BCUT2D eigenvalue weighted by molar-refractivity contribution is -0.144. The van der Waals surface area contributed by atoms with Crippen molar-refractivity contribution < 1.29 is 14.3 Å². The Morgan fingerprint density at radius 3 is 2.43 bits per heavy atom. The van der Waals surface area contributed by atoms with Crippen molar-refractivity contribution in [2.45, 2.75) is 19.9 Å². The molecule has 0 bridgehead atoms. The van der Waals surface area contributed by atoms with E-state index in [9.17, 15) is 9.59 Å². The molecule has 5 nitrogen and oxygen atoms in total. The molecule has 3 N–H and O–H groups in total. The standard InChI is InChI=1S/C17H20N2O3S/c1-10(2)14(17(21)22-3)19-16(20)12-9-13(23-15(12)18)11-7-5-4-6-8-11/h4-10,14H,18H2,1-3H3,(H,19,20). The minimum absolute atomic E-state index is 0.0835. The normalized spacial score (nSPS) is 12.0. The van der Waals surface area contributed by atoms with E-state index in [4.69, 9.17) is 10.5 Å². The van der Waals surface area contributed by atoms with Gasteiger partial charge in [0.2, 0.25) is 0 Å². The van der Waals surface area contributed by atoms with Gasteiger partial charge in [0.1, 0.15) is 6.04 Å². The lowest BCUT2D eigenvalue weighted by Crippen LogP contribution is -2.45. The summed E-state index contributed by atoms with van der Waals surface area (Å²) in [4.78, 5) is 25.1. The minimum Gasteiger partial charge on any atom is -0.467 e. The van der Waals surface area contributed by atoms with Crippen LogP contribution in [0.4, 0.5) is 5.00 Å². The van der Waals surface area contributed by atoms with Gasteiger partial charge in [-0.2, -0.15) is 0 Å². The second-order valence-electron chi connectivity index (χ2n) is 5.47. The smallest absolute Gasteiger partial charge is 0.328 e. The molecule has 1 amide bonds. The van der Waals surface area contributed by atoms with Crippen LogP contribution >= 0.6 is 11.3 Å². The van der Waals surface area contributed by atoms with Gasteiger partial charge in [0.25, 0.3) is 5.91 Å². The Morgan fingerprint density at radius 1 is 1.22 bits per heavy atom. The van der Waals surface area contributed by atoms with Crippen molar-refractivity contribution in [1.82, 2.24) is 5.32 Å². The van der Waals surface area contributed by atoms with Crippen LogP contribution in [-0.4, -0.2) is 25.0 Å². The number of rotatable bonds is 5. The van der Waals surface area contributed by atoms with Gasteiger partial charge in [-0.15, -0.1) is 11.3 Å². The molecule has 0 radical (unpaired) electrons. The number of nitrogens with one attached hydrogen (secondary N) is 1. The van der Waals surface area contributed by atoms with E-state index < -0.39 is 12.0 Å². The van der Waals surface area contributed by atoms with Gasteiger partial charge in [-0.3, -0.25) is 4.79 Å². The number of carbonyl (C=O) groups excluding carboxylic acids is 2. The van der Waals surface area contributed by atoms with Crippen LogP contribution in [0.25, 0.3) is 10.4 Å². The summed E-state index contributed by atoms with van der Waals surface area (Å²) in [6, 6.07) is 10.7. The zero-order chi connectivity index (χ0) is 17.0. The van der Waals surface area contributed by atoms with Crippen LogP contribution in [0.3, 0.4) is 0 Å². The van der Waals surface area contributed by atoms with Crippen molar-refractivity contribution in [3.8, 4) is 10.4 Å². The Labute approximate surface area is 139 Å². The second-order valence-corrected chi connectivity index (χ2v) is 6.56. The molecule has 0 saturated heterocycles. The second kappa shape index (κ2) is 7.28. The summed E-state index contributed by atoms with van der Waals surface area (Å²) in [5.41, 5.74) is 7.36. The molecule has 0 fully saturated rings. The maximum absolute atomic E-state index is 12.5. The molecule has 122 valence electrons. The Balaban J connectivity index is 2.23. The first-order valence-corrected chi connectivity index (χ1v) is 8.09. The van der Waals surface area contributed by atoms with Crippen LogP contribution in [-0.2, 0) is 9.53 Å². The van der Waals surface area contributed by atoms with E-state index in [0.29, 0.717) is 10.6 Å². The first-order valence-electron chi connectivity index (χ1n) is 7.27. The third-order valence-electron chi connectivity index (χ3n) is 3.47. The number of carbonyl (C=O) groups is 2. The number of ether oxygens (including phenoxy) is 1. The fourth-order valence-corrected chi connectivity index (χ4v) is 3.10. The molecular formula is C17H20N2O3S. The SMILES string of the molecule is COC(=O)C(NC(=O)c1cc(-c2ccccc2)sc1N)C(C)C. The van der Waals surface area contributed by atoms with Crippen LogP contribution < -0.4 is 11.1 Å². The van der Waals surface area contributed by atoms with Gasteiger partial charge in [-0.05, 0) is 17.5 Å². The average Bonchev–Trinajstić information content (AvgIpc) is 2.94. The van der Waals surface area contributed by atoms with E-state index >= 15 is 0 Å². The average molecular weight is 332 g/mol. The topological polar surface area (TPSA) is 81.4 Å². The summed E-state index contributed by atoms with van der Waals surface area (Å²) in [7, 11) is 1.30. The predicted octanol–water partition coefficient (Wildman–Crippen LogP) is 2.92. The fraction of sp³-hybridized carbons (Fsp3) is 0.294. The third-order valence-corrected chi connectivity index (χ3v) is 4.49. The largest absolute Gasteiger partial charge is 0.467 e. The van der Waals surface area contributed by atoms with Gasteiger partial charge in [0, 0.05) is 4.88 Å². The van der Waals surface area contributed by atoms with Crippen molar-refractivity contribution in [1.29, 1.82) is 0 Å². The molecule has 1 unspecified atom stereocenters. The molecule has 23 heavy (non-hydrogen) atoms. The number of nitrogen functional groups attached to an aromatic ring is 1. The molecule has 0 aliphatic rings. The Hall–Kier alpha value is -2.34. The highest BCUT2D eigenvalue weighted by Gasteiger charge is 2.26. The van der Waals surface area contributed by atoms with E-state index in [1.54, 1.807) is 6.07 Å². The maximum atomic E-state index is 12.5. The first kappa shape index (κ1) is 17.0. The van der Waals surface area contributed by atoms with Gasteiger partial charge >= 0.3 is 5.97 Å². The highest BCUT2D eigenvalue weighted by Crippen LogP contribution is 2.33. The Morgan fingerprint density at radius 2 is 1.87 bits per heavy atom. The summed E-state index contributed by atoms with van der Waals surface area (Å²) in [5.74, 6) is -0.921. The van der Waals surface area contributed by atoms with Crippen LogP contribution in [0.2, 0.25) is 0 Å². The van der Waals surface area contributed by atoms with E-state index in [1.807, 2.05) is 44.2 Å². The summed E-state index contributed by atoms with van der Waals surface area (Å²) >= 11 is 1.35. The number of anilines is 1. The van der Waals surface area contributed by atoms with Crippen LogP contribution in [0, 0.1) is 5.92 Å². The molecule has 1 aromatic carbocycles. The number of hydrogen-bond donors (Lipinski definition) is 2. The summed E-state index contributed by atoms with van der Waals surface area (Å²) in [6.07, 6.45) is 0. The van der Waals surface area contributed by atoms with Crippen molar-refractivity contribution in [2.24, 2.45) is 5.92 Å². The molecule has 1 atom stereocenters. The highest BCUT2D eigenvalue weighted by atomic mass is 32.1. The molecule has 0 spiro atoms. The maximum Gasteiger partial charge on any atom is 0.328 e. The summed E-state index contributed by atoms with van der Waals surface area (Å²) < 4.78 is 4.73. The molecule has 2 aromatic rings. The molecule has 2 rings (SSSR count). The number of thiophene rings is 1. The third kappa shape index (κ3) is 3.90.